The lowest BCUT2D eigenvalue weighted by Crippen LogP contribution is -2.59. The maximum atomic E-state index is 10.4. The summed E-state index contributed by atoms with van der Waals surface area (Å²) in [6.45, 7) is -0.674. The molecule has 2 heterocycles. The van der Waals surface area contributed by atoms with Gasteiger partial charge in [-0.15, -0.1) is 0 Å². The fourth-order valence-electron chi connectivity index (χ4n) is 3.85. The summed E-state index contributed by atoms with van der Waals surface area (Å²) in [5, 5.41) is 80.4. The standard InChI is InChI=1S/C22H24O12/c1-31-21-12(26)2-8(3-13(21)27)20-15(6-10-11(25)4-9(24)5-14(10)32-20)33-22-19(30)18(29)17(28)16(7-23)34-22/h2-6,16-20,22-30H,7H2,1H3. The highest BCUT2D eigenvalue weighted by Crippen LogP contribution is 2.47. The topological polar surface area (TPSA) is 199 Å². The number of hydrogen-bond acceptors (Lipinski definition) is 12. The van der Waals surface area contributed by atoms with Gasteiger partial charge in [-0.25, -0.2) is 0 Å². The van der Waals surface area contributed by atoms with Gasteiger partial charge in [0.1, 0.15) is 47.4 Å². The highest BCUT2D eigenvalue weighted by atomic mass is 16.7. The normalized spacial score (nSPS) is 28.4. The van der Waals surface area contributed by atoms with E-state index in [1.165, 1.54) is 31.4 Å². The first kappa shape index (κ1) is 23.7. The van der Waals surface area contributed by atoms with Crippen molar-refractivity contribution in [3.05, 3.63) is 41.2 Å². The van der Waals surface area contributed by atoms with Crippen LogP contribution < -0.4 is 9.47 Å². The third-order valence-corrected chi connectivity index (χ3v) is 5.57. The van der Waals surface area contributed by atoms with E-state index in [1.807, 2.05) is 0 Å². The molecule has 0 amide bonds. The lowest BCUT2D eigenvalue weighted by Gasteiger charge is -2.41. The number of methoxy groups -OCH3 is 1. The summed E-state index contributed by atoms with van der Waals surface area (Å²) >= 11 is 0. The first-order valence-corrected chi connectivity index (χ1v) is 10.2. The van der Waals surface area contributed by atoms with Gasteiger partial charge in [-0.1, -0.05) is 0 Å². The Balaban J connectivity index is 1.77. The number of hydrogen-bond donors (Lipinski definition) is 8. The third-order valence-electron chi connectivity index (χ3n) is 5.57. The molecule has 184 valence electrons. The van der Waals surface area contributed by atoms with Gasteiger partial charge in [-0.3, -0.25) is 0 Å². The van der Waals surface area contributed by atoms with Crippen molar-refractivity contribution in [1.82, 2.24) is 0 Å². The van der Waals surface area contributed by atoms with Crippen LogP contribution in [0.5, 0.6) is 34.5 Å². The summed E-state index contributed by atoms with van der Waals surface area (Å²) < 4.78 is 22.0. The summed E-state index contributed by atoms with van der Waals surface area (Å²) in [7, 11) is 1.25. The number of aliphatic hydroxyl groups is 4. The van der Waals surface area contributed by atoms with Crippen LogP contribution in [0, 0.1) is 0 Å². The average Bonchev–Trinajstić information content (AvgIpc) is 2.79. The Morgan fingerprint density at radius 3 is 2.18 bits per heavy atom. The second kappa shape index (κ2) is 9.08. The molecule has 2 aromatic carbocycles. The van der Waals surface area contributed by atoms with E-state index in [0.717, 1.165) is 6.07 Å². The smallest absolute Gasteiger partial charge is 0.228 e. The molecular formula is C22H24O12. The molecule has 6 atom stereocenters. The maximum Gasteiger partial charge on any atom is 0.228 e. The Morgan fingerprint density at radius 1 is 0.882 bits per heavy atom. The van der Waals surface area contributed by atoms with E-state index in [2.05, 4.69) is 0 Å². The Labute approximate surface area is 192 Å². The molecule has 1 saturated heterocycles. The summed E-state index contributed by atoms with van der Waals surface area (Å²) in [4.78, 5) is 0. The number of aromatic hydroxyl groups is 4. The predicted octanol–water partition coefficient (Wildman–Crippen LogP) is -0.191. The van der Waals surface area contributed by atoms with E-state index >= 15 is 0 Å². The van der Waals surface area contributed by atoms with Crippen LogP contribution >= 0.6 is 0 Å². The molecule has 2 aromatic rings. The highest BCUT2D eigenvalue weighted by molar-refractivity contribution is 5.70. The molecule has 8 N–H and O–H groups in total. The molecule has 0 radical (unpaired) electrons. The van der Waals surface area contributed by atoms with Gasteiger partial charge >= 0.3 is 0 Å². The number of phenolic OH excluding ortho intramolecular Hbond substituents is 4. The van der Waals surface area contributed by atoms with Crippen molar-refractivity contribution in [2.75, 3.05) is 13.7 Å². The van der Waals surface area contributed by atoms with Crippen LogP contribution in [-0.4, -0.2) is 85.3 Å². The molecule has 0 aliphatic carbocycles. The van der Waals surface area contributed by atoms with E-state index in [4.69, 9.17) is 18.9 Å². The molecule has 0 bridgehead atoms. The molecule has 0 aromatic heterocycles. The Bertz CT molecular complexity index is 1070. The van der Waals surface area contributed by atoms with Crippen molar-refractivity contribution < 1.29 is 59.8 Å². The van der Waals surface area contributed by atoms with Crippen molar-refractivity contribution >= 4 is 6.08 Å². The van der Waals surface area contributed by atoms with Gasteiger partial charge in [-0.05, 0) is 18.2 Å². The monoisotopic (exact) mass is 480 g/mol. The van der Waals surface area contributed by atoms with Crippen molar-refractivity contribution in [2.45, 2.75) is 36.8 Å². The van der Waals surface area contributed by atoms with Crippen LogP contribution in [0.1, 0.15) is 17.2 Å². The quantitative estimate of drug-likeness (QED) is 0.281. The zero-order chi connectivity index (χ0) is 24.7. The lowest BCUT2D eigenvalue weighted by atomic mass is 9.98. The molecule has 0 saturated carbocycles. The van der Waals surface area contributed by atoms with Crippen LogP contribution in [0.4, 0.5) is 0 Å². The molecule has 6 unspecified atom stereocenters. The Kier molecular flexibility index (Phi) is 6.34. The molecule has 1 fully saturated rings. The van der Waals surface area contributed by atoms with Gasteiger partial charge in [0.25, 0.3) is 0 Å². The molecule has 12 nitrogen and oxygen atoms in total. The number of rotatable bonds is 5. The van der Waals surface area contributed by atoms with Crippen LogP contribution in [0.25, 0.3) is 6.08 Å². The number of benzene rings is 2. The zero-order valence-corrected chi connectivity index (χ0v) is 17.8. The van der Waals surface area contributed by atoms with E-state index in [-0.39, 0.29) is 39.9 Å². The molecule has 2 aliphatic heterocycles. The summed E-state index contributed by atoms with van der Waals surface area (Å²) in [6, 6.07) is 4.74. The summed E-state index contributed by atoms with van der Waals surface area (Å²) in [5.41, 5.74) is 0.260. The average molecular weight is 480 g/mol. The van der Waals surface area contributed by atoms with Crippen LogP contribution in [0.2, 0.25) is 0 Å². The van der Waals surface area contributed by atoms with Crippen LogP contribution in [-0.2, 0) is 9.47 Å². The van der Waals surface area contributed by atoms with Crippen LogP contribution in [0.15, 0.2) is 30.0 Å². The van der Waals surface area contributed by atoms with Gasteiger partial charge in [0.15, 0.2) is 17.6 Å². The second-order valence-corrected chi connectivity index (χ2v) is 7.83. The van der Waals surface area contributed by atoms with Gasteiger partial charge in [0, 0.05) is 17.7 Å². The van der Waals surface area contributed by atoms with E-state index in [9.17, 15) is 40.9 Å². The van der Waals surface area contributed by atoms with Crippen molar-refractivity contribution in [2.24, 2.45) is 0 Å². The lowest BCUT2D eigenvalue weighted by molar-refractivity contribution is -0.293. The molecule has 12 heteroatoms. The number of aliphatic hydroxyl groups excluding tert-OH is 4. The largest absolute Gasteiger partial charge is 0.508 e. The number of phenols is 4. The maximum absolute atomic E-state index is 10.4. The second-order valence-electron chi connectivity index (χ2n) is 7.83. The summed E-state index contributed by atoms with van der Waals surface area (Å²) in [6.07, 6.45) is -7.73. The third kappa shape index (κ3) is 4.13. The molecule has 4 rings (SSSR count). The Morgan fingerprint density at radius 2 is 1.56 bits per heavy atom. The summed E-state index contributed by atoms with van der Waals surface area (Å²) in [5.74, 6) is -1.72. The predicted molar refractivity (Wildman–Crippen MR) is 112 cm³/mol. The SMILES string of the molecule is COc1c(O)cc(C2Oc3cc(O)cc(O)c3C=C2OC2OC(CO)C(O)C(O)C2O)cc1O. The van der Waals surface area contributed by atoms with Gasteiger partial charge < -0.3 is 59.8 Å². The van der Waals surface area contributed by atoms with Gasteiger partial charge in [-0.2, -0.15) is 0 Å². The van der Waals surface area contributed by atoms with Crippen molar-refractivity contribution in [3.8, 4) is 34.5 Å². The van der Waals surface area contributed by atoms with Crippen LogP contribution in [0.3, 0.4) is 0 Å². The minimum Gasteiger partial charge on any atom is -0.508 e. The zero-order valence-electron chi connectivity index (χ0n) is 17.8. The fourth-order valence-corrected chi connectivity index (χ4v) is 3.85. The fraction of sp³-hybridized carbons (Fsp3) is 0.364. The van der Waals surface area contributed by atoms with Crippen molar-refractivity contribution in [1.29, 1.82) is 0 Å². The van der Waals surface area contributed by atoms with Gasteiger partial charge in [0.05, 0.1) is 19.3 Å². The van der Waals surface area contributed by atoms with Crippen molar-refractivity contribution in [3.63, 3.8) is 0 Å². The number of fused-ring (bicyclic) bond motifs is 1. The molecular weight excluding hydrogens is 456 g/mol. The molecule has 0 spiro atoms. The first-order chi connectivity index (χ1) is 16.1. The minimum atomic E-state index is -1.73. The number of ether oxygens (including phenoxy) is 4. The molecule has 34 heavy (non-hydrogen) atoms. The highest BCUT2D eigenvalue weighted by Gasteiger charge is 2.46. The Hall–Kier alpha value is -3.42. The first-order valence-electron chi connectivity index (χ1n) is 10.2. The molecule has 2 aliphatic rings. The van der Waals surface area contributed by atoms with E-state index in [0.29, 0.717) is 0 Å². The van der Waals surface area contributed by atoms with E-state index < -0.39 is 54.9 Å². The van der Waals surface area contributed by atoms with E-state index in [1.54, 1.807) is 0 Å². The van der Waals surface area contributed by atoms with Gasteiger partial charge in [0.2, 0.25) is 12.0 Å². The minimum absolute atomic E-state index is 0.0402.